The fraction of sp³-hybridized carbons (Fsp3) is 0.267. The van der Waals surface area contributed by atoms with E-state index in [9.17, 15) is 8.78 Å². The minimum Gasteiger partial charge on any atom is -0.486 e. The van der Waals surface area contributed by atoms with Crippen molar-refractivity contribution in [2.24, 2.45) is 0 Å². The number of nitrogens with zero attached hydrogens (tertiary/aromatic N) is 1. The molecular weight excluding hydrogens is 342 g/mol. The number of pyridine rings is 1. The highest BCUT2D eigenvalue weighted by atomic mass is 79.9. The third-order valence-corrected chi connectivity index (χ3v) is 3.19. The van der Waals surface area contributed by atoms with E-state index in [1.165, 1.54) is 6.07 Å². The molecule has 0 saturated heterocycles. The SMILES string of the molecule is CCCNc1cc(COc2cc(Br)cc(F)c2F)ccn1. The Morgan fingerprint density at radius 2 is 2.10 bits per heavy atom. The second kappa shape index (κ2) is 7.36. The predicted molar refractivity (Wildman–Crippen MR) is 81.4 cm³/mol. The maximum absolute atomic E-state index is 13.6. The maximum atomic E-state index is 13.6. The Balaban J connectivity index is 2.06. The lowest BCUT2D eigenvalue weighted by Gasteiger charge is -2.10. The largest absolute Gasteiger partial charge is 0.486 e. The van der Waals surface area contributed by atoms with E-state index in [2.05, 4.69) is 33.2 Å². The molecule has 21 heavy (non-hydrogen) atoms. The molecule has 2 rings (SSSR count). The van der Waals surface area contributed by atoms with Gasteiger partial charge in [0.1, 0.15) is 12.4 Å². The minimum atomic E-state index is -0.989. The van der Waals surface area contributed by atoms with Crippen molar-refractivity contribution in [3.63, 3.8) is 0 Å². The Kier molecular flexibility index (Phi) is 5.50. The topological polar surface area (TPSA) is 34.1 Å². The third-order valence-electron chi connectivity index (χ3n) is 2.73. The zero-order valence-electron chi connectivity index (χ0n) is 11.5. The first-order valence-corrected chi connectivity index (χ1v) is 7.35. The Hall–Kier alpha value is -1.69. The van der Waals surface area contributed by atoms with E-state index < -0.39 is 11.6 Å². The molecule has 0 amide bonds. The molecule has 0 spiro atoms. The lowest BCUT2D eigenvalue weighted by Crippen LogP contribution is -2.04. The molecule has 0 aliphatic rings. The fourth-order valence-electron chi connectivity index (χ4n) is 1.71. The number of benzene rings is 1. The first-order valence-electron chi connectivity index (χ1n) is 6.56. The van der Waals surface area contributed by atoms with Gasteiger partial charge in [-0.25, -0.2) is 9.37 Å². The number of nitrogens with one attached hydrogen (secondary N) is 1. The standard InChI is InChI=1S/C15H15BrF2N2O/c1-2-4-19-14-6-10(3-5-20-14)9-21-13-8-11(16)7-12(17)15(13)18/h3,5-8H,2,4,9H2,1H3,(H,19,20). The Morgan fingerprint density at radius 1 is 1.29 bits per heavy atom. The third kappa shape index (κ3) is 4.39. The van der Waals surface area contributed by atoms with Crippen molar-refractivity contribution in [2.45, 2.75) is 20.0 Å². The molecule has 3 nitrogen and oxygen atoms in total. The molecule has 0 saturated carbocycles. The van der Waals surface area contributed by atoms with Crippen molar-refractivity contribution in [3.8, 4) is 5.75 Å². The smallest absolute Gasteiger partial charge is 0.200 e. The zero-order valence-corrected chi connectivity index (χ0v) is 13.1. The number of ether oxygens (including phenoxy) is 1. The molecule has 0 bridgehead atoms. The van der Waals surface area contributed by atoms with Crippen LogP contribution in [-0.2, 0) is 6.61 Å². The average Bonchev–Trinajstić information content (AvgIpc) is 2.47. The van der Waals surface area contributed by atoms with Gasteiger partial charge in [0, 0.05) is 17.2 Å². The van der Waals surface area contributed by atoms with Crippen molar-refractivity contribution in [1.29, 1.82) is 0 Å². The van der Waals surface area contributed by atoms with Gasteiger partial charge in [-0.05, 0) is 36.2 Å². The maximum Gasteiger partial charge on any atom is 0.200 e. The summed E-state index contributed by atoms with van der Waals surface area (Å²) in [5.41, 5.74) is 0.823. The van der Waals surface area contributed by atoms with E-state index in [-0.39, 0.29) is 12.4 Å². The second-order valence-electron chi connectivity index (χ2n) is 4.46. The quantitative estimate of drug-likeness (QED) is 0.772. The summed E-state index contributed by atoms with van der Waals surface area (Å²) in [6, 6.07) is 6.04. The summed E-state index contributed by atoms with van der Waals surface area (Å²) in [5, 5.41) is 3.15. The van der Waals surface area contributed by atoms with Gasteiger partial charge in [0.05, 0.1) is 0 Å². The van der Waals surface area contributed by atoms with Crippen LogP contribution in [-0.4, -0.2) is 11.5 Å². The molecule has 2 aromatic rings. The summed E-state index contributed by atoms with van der Waals surface area (Å²) in [6.45, 7) is 3.02. The highest BCUT2D eigenvalue weighted by Crippen LogP contribution is 2.26. The van der Waals surface area contributed by atoms with Crippen LogP contribution in [0.4, 0.5) is 14.6 Å². The van der Waals surface area contributed by atoms with Gasteiger partial charge >= 0.3 is 0 Å². The van der Waals surface area contributed by atoms with E-state index in [0.29, 0.717) is 4.47 Å². The Labute approximate surface area is 130 Å². The molecule has 1 N–H and O–H groups in total. The highest BCUT2D eigenvalue weighted by molar-refractivity contribution is 9.10. The van der Waals surface area contributed by atoms with Crippen LogP contribution in [0.5, 0.6) is 5.75 Å². The summed E-state index contributed by atoms with van der Waals surface area (Å²) < 4.78 is 32.6. The number of hydrogen-bond acceptors (Lipinski definition) is 3. The van der Waals surface area contributed by atoms with Gasteiger partial charge in [-0.2, -0.15) is 4.39 Å². The molecule has 1 aromatic carbocycles. The van der Waals surface area contributed by atoms with Gasteiger partial charge in [-0.3, -0.25) is 0 Å². The van der Waals surface area contributed by atoms with Gasteiger partial charge in [-0.15, -0.1) is 0 Å². The van der Waals surface area contributed by atoms with Gasteiger partial charge in [0.25, 0.3) is 0 Å². The molecular formula is C15H15BrF2N2O. The number of halogens is 3. The Bertz CT molecular complexity index is 623. The fourth-order valence-corrected chi connectivity index (χ4v) is 2.12. The highest BCUT2D eigenvalue weighted by Gasteiger charge is 2.11. The van der Waals surface area contributed by atoms with Crippen LogP contribution in [0.25, 0.3) is 0 Å². The van der Waals surface area contributed by atoms with E-state index in [4.69, 9.17) is 4.74 Å². The lowest BCUT2D eigenvalue weighted by atomic mass is 10.2. The molecule has 1 heterocycles. The van der Waals surface area contributed by atoms with Crippen molar-refractivity contribution in [2.75, 3.05) is 11.9 Å². The second-order valence-corrected chi connectivity index (χ2v) is 5.38. The first kappa shape index (κ1) is 15.7. The van der Waals surface area contributed by atoms with E-state index >= 15 is 0 Å². The molecule has 0 atom stereocenters. The van der Waals surface area contributed by atoms with Gasteiger partial charge < -0.3 is 10.1 Å². The molecule has 0 aliphatic carbocycles. The lowest BCUT2D eigenvalue weighted by molar-refractivity contribution is 0.284. The first-order chi connectivity index (χ1) is 10.1. The summed E-state index contributed by atoms with van der Waals surface area (Å²) >= 11 is 3.11. The predicted octanol–water partition coefficient (Wildman–Crippen LogP) is 4.52. The van der Waals surface area contributed by atoms with Crippen LogP contribution in [0.15, 0.2) is 34.9 Å². The zero-order chi connectivity index (χ0) is 15.2. The van der Waals surface area contributed by atoms with Crippen molar-refractivity contribution >= 4 is 21.7 Å². The van der Waals surface area contributed by atoms with Crippen molar-refractivity contribution in [3.05, 3.63) is 52.1 Å². The van der Waals surface area contributed by atoms with Crippen LogP contribution < -0.4 is 10.1 Å². The van der Waals surface area contributed by atoms with E-state index in [0.717, 1.165) is 30.4 Å². The van der Waals surface area contributed by atoms with Crippen molar-refractivity contribution in [1.82, 2.24) is 4.98 Å². The summed E-state index contributed by atoms with van der Waals surface area (Å²) in [6.07, 6.45) is 2.64. The average molecular weight is 357 g/mol. The van der Waals surface area contributed by atoms with Crippen LogP contribution >= 0.6 is 15.9 Å². The molecule has 1 aromatic heterocycles. The molecule has 0 radical (unpaired) electrons. The summed E-state index contributed by atoms with van der Waals surface area (Å²) in [5.74, 6) is -1.32. The molecule has 0 aliphatic heterocycles. The number of hydrogen-bond donors (Lipinski definition) is 1. The van der Waals surface area contributed by atoms with Crippen LogP contribution in [0.1, 0.15) is 18.9 Å². The minimum absolute atomic E-state index is 0.123. The summed E-state index contributed by atoms with van der Waals surface area (Å²) in [7, 11) is 0. The van der Waals surface area contributed by atoms with Crippen molar-refractivity contribution < 1.29 is 13.5 Å². The molecule has 0 unspecified atom stereocenters. The van der Waals surface area contributed by atoms with Crippen LogP contribution in [0.2, 0.25) is 0 Å². The van der Waals surface area contributed by atoms with Gasteiger partial charge in [-0.1, -0.05) is 22.9 Å². The molecule has 0 fully saturated rings. The number of anilines is 1. The van der Waals surface area contributed by atoms with Gasteiger partial charge in [0.2, 0.25) is 5.82 Å². The summed E-state index contributed by atoms with van der Waals surface area (Å²) in [4.78, 5) is 4.17. The molecule has 112 valence electrons. The van der Waals surface area contributed by atoms with E-state index in [1.807, 2.05) is 6.07 Å². The number of rotatable bonds is 6. The Morgan fingerprint density at radius 3 is 2.86 bits per heavy atom. The number of aromatic nitrogens is 1. The monoisotopic (exact) mass is 356 g/mol. The normalized spacial score (nSPS) is 10.5. The molecule has 6 heteroatoms. The van der Waals surface area contributed by atoms with Gasteiger partial charge in [0.15, 0.2) is 11.6 Å². The van der Waals surface area contributed by atoms with E-state index in [1.54, 1.807) is 12.3 Å². The van der Waals surface area contributed by atoms with Crippen LogP contribution in [0.3, 0.4) is 0 Å². The van der Waals surface area contributed by atoms with Crippen LogP contribution in [0, 0.1) is 11.6 Å².